The van der Waals surface area contributed by atoms with Crippen LogP contribution in [-0.2, 0) is 6.54 Å². The highest BCUT2D eigenvalue weighted by atomic mass is 32.1. The molecule has 0 aliphatic carbocycles. The summed E-state index contributed by atoms with van der Waals surface area (Å²) in [6, 6.07) is 9.69. The second kappa shape index (κ2) is 5.15. The topological polar surface area (TPSA) is 29.1 Å². The van der Waals surface area contributed by atoms with Crippen LogP contribution in [0.4, 0.5) is 0 Å². The van der Waals surface area contributed by atoms with Gasteiger partial charge in [0.2, 0.25) is 0 Å². The summed E-state index contributed by atoms with van der Waals surface area (Å²) < 4.78 is 0. The number of benzene rings is 1. The minimum absolute atomic E-state index is 0.0125. The van der Waals surface area contributed by atoms with Gasteiger partial charge in [-0.3, -0.25) is 4.79 Å². The van der Waals surface area contributed by atoms with Crippen LogP contribution in [0.3, 0.4) is 0 Å². The summed E-state index contributed by atoms with van der Waals surface area (Å²) in [4.78, 5) is 13.1. The third-order valence-electron chi connectivity index (χ3n) is 2.66. The van der Waals surface area contributed by atoms with Gasteiger partial charge in [-0.25, -0.2) is 0 Å². The minimum atomic E-state index is -0.0125. The van der Waals surface area contributed by atoms with Crippen molar-refractivity contribution < 1.29 is 4.79 Å². The van der Waals surface area contributed by atoms with Crippen LogP contribution in [0, 0.1) is 13.8 Å². The number of hydrogen-bond donors (Lipinski definition) is 1. The standard InChI is InChI=1S/C14H15NOS/c1-10-4-3-5-12(8-10)14(16)15-9-13-11(2)6-7-17-13/h3-8H,9H2,1-2H3,(H,15,16). The van der Waals surface area contributed by atoms with Crippen molar-refractivity contribution in [2.75, 3.05) is 0 Å². The Kier molecular flexibility index (Phi) is 3.59. The van der Waals surface area contributed by atoms with Gasteiger partial charge in [0.25, 0.3) is 5.91 Å². The summed E-state index contributed by atoms with van der Waals surface area (Å²) in [5.74, 6) is -0.0125. The predicted octanol–water partition coefficient (Wildman–Crippen LogP) is 3.29. The molecule has 1 N–H and O–H groups in total. The molecule has 2 rings (SSSR count). The number of thiophene rings is 1. The monoisotopic (exact) mass is 245 g/mol. The Labute approximate surface area is 105 Å². The van der Waals surface area contributed by atoms with Gasteiger partial charge in [-0.15, -0.1) is 11.3 Å². The van der Waals surface area contributed by atoms with Crippen LogP contribution in [0.25, 0.3) is 0 Å². The van der Waals surface area contributed by atoms with E-state index in [9.17, 15) is 4.79 Å². The molecule has 0 bridgehead atoms. The Morgan fingerprint density at radius 1 is 1.29 bits per heavy atom. The Hall–Kier alpha value is -1.61. The molecule has 2 aromatic rings. The van der Waals surface area contributed by atoms with Crippen molar-refractivity contribution in [2.24, 2.45) is 0 Å². The first-order valence-electron chi connectivity index (χ1n) is 5.54. The zero-order valence-electron chi connectivity index (χ0n) is 9.99. The molecule has 88 valence electrons. The zero-order chi connectivity index (χ0) is 12.3. The average Bonchev–Trinajstić information content (AvgIpc) is 2.72. The fourth-order valence-electron chi connectivity index (χ4n) is 1.63. The molecule has 0 radical (unpaired) electrons. The fraction of sp³-hybridized carbons (Fsp3) is 0.214. The predicted molar refractivity (Wildman–Crippen MR) is 71.4 cm³/mol. The van der Waals surface area contributed by atoms with Gasteiger partial charge in [-0.2, -0.15) is 0 Å². The van der Waals surface area contributed by atoms with Crippen molar-refractivity contribution in [1.29, 1.82) is 0 Å². The number of nitrogens with one attached hydrogen (secondary N) is 1. The molecule has 0 fully saturated rings. The Morgan fingerprint density at radius 3 is 2.76 bits per heavy atom. The van der Waals surface area contributed by atoms with Crippen molar-refractivity contribution in [3.05, 3.63) is 57.3 Å². The van der Waals surface area contributed by atoms with Crippen molar-refractivity contribution in [3.63, 3.8) is 0 Å². The van der Waals surface area contributed by atoms with Crippen LogP contribution in [0.2, 0.25) is 0 Å². The van der Waals surface area contributed by atoms with E-state index in [2.05, 4.69) is 18.3 Å². The molecule has 0 saturated heterocycles. The molecule has 0 unspecified atom stereocenters. The van der Waals surface area contributed by atoms with Gasteiger partial charge in [-0.05, 0) is 43.0 Å². The lowest BCUT2D eigenvalue weighted by molar-refractivity contribution is 0.0951. The molecule has 0 atom stereocenters. The van der Waals surface area contributed by atoms with E-state index in [0.717, 1.165) is 11.1 Å². The lowest BCUT2D eigenvalue weighted by Crippen LogP contribution is -2.22. The Bertz CT molecular complexity index is 531. The maximum absolute atomic E-state index is 11.9. The van der Waals surface area contributed by atoms with E-state index >= 15 is 0 Å². The normalized spacial score (nSPS) is 10.2. The summed E-state index contributed by atoms with van der Waals surface area (Å²) in [5.41, 5.74) is 3.06. The van der Waals surface area contributed by atoms with E-state index in [1.54, 1.807) is 11.3 Å². The van der Waals surface area contributed by atoms with Crippen molar-refractivity contribution in [3.8, 4) is 0 Å². The van der Waals surface area contributed by atoms with Gasteiger partial charge in [0, 0.05) is 10.4 Å². The molecule has 1 aromatic heterocycles. The van der Waals surface area contributed by atoms with Crippen LogP contribution in [-0.4, -0.2) is 5.91 Å². The van der Waals surface area contributed by atoms with Crippen LogP contribution in [0.15, 0.2) is 35.7 Å². The van der Waals surface area contributed by atoms with Gasteiger partial charge in [0.1, 0.15) is 0 Å². The maximum Gasteiger partial charge on any atom is 0.251 e. The lowest BCUT2D eigenvalue weighted by atomic mass is 10.1. The molecule has 0 spiro atoms. The number of carbonyl (C=O) groups is 1. The van der Waals surface area contributed by atoms with Crippen molar-refractivity contribution in [1.82, 2.24) is 5.32 Å². The molecule has 1 aromatic carbocycles. The first-order valence-corrected chi connectivity index (χ1v) is 6.42. The molecule has 3 heteroatoms. The van der Waals surface area contributed by atoms with E-state index in [1.165, 1.54) is 10.4 Å². The molecule has 1 heterocycles. The summed E-state index contributed by atoms with van der Waals surface area (Å²) in [6.07, 6.45) is 0. The van der Waals surface area contributed by atoms with E-state index in [0.29, 0.717) is 6.54 Å². The molecular weight excluding hydrogens is 230 g/mol. The molecule has 0 saturated carbocycles. The van der Waals surface area contributed by atoms with Crippen LogP contribution in [0.1, 0.15) is 26.4 Å². The SMILES string of the molecule is Cc1cccc(C(=O)NCc2sccc2C)c1. The van der Waals surface area contributed by atoms with Gasteiger partial charge >= 0.3 is 0 Å². The summed E-state index contributed by atoms with van der Waals surface area (Å²) in [7, 11) is 0. The smallest absolute Gasteiger partial charge is 0.251 e. The average molecular weight is 245 g/mol. The van der Waals surface area contributed by atoms with Crippen LogP contribution >= 0.6 is 11.3 Å². The maximum atomic E-state index is 11.9. The highest BCUT2D eigenvalue weighted by molar-refractivity contribution is 7.10. The third kappa shape index (κ3) is 2.94. The van der Waals surface area contributed by atoms with E-state index in [-0.39, 0.29) is 5.91 Å². The highest BCUT2D eigenvalue weighted by Crippen LogP contribution is 2.15. The Morgan fingerprint density at radius 2 is 2.12 bits per heavy atom. The van der Waals surface area contributed by atoms with E-state index < -0.39 is 0 Å². The molecular formula is C14H15NOS. The van der Waals surface area contributed by atoms with E-state index in [1.807, 2.05) is 36.6 Å². The summed E-state index contributed by atoms with van der Waals surface area (Å²) in [6.45, 7) is 4.65. The highest BCUT2D eigenvalue weighted by Gasteiger charge is 2.06. The molecule has 0 aliphatic heterocycles. The first-order chi connectivity index (χ1) is 8.16. The van der Waals surface area contributed by atoms with Gasteiger partial charge in [0.15, 0.2) is 0 Å². The van der Waals surface area contributed by atoms with Gasteiger partial charge in [0.05, 0.1) is 6.54 Å². The van der Waals surface area contributed by atoms with Crippen molar-refractivity contribution >= 4 is 17.2 Å². The van der Waals surface area contributed by atoms with Crippen molar-refractivity contribution in [2.45, 2.75) is 20.4 Å². The van der Waals surface area contributed by atoms with Gasteiger partial charge < -0.3 is 5.32 Å². The number of rotatable bonds is 3. The molecule has 0 aliphatic rings. The van der Waals surface area contributed by atoms with Gasteiger partial charge in [-0.1, -0.05) is 17.7 Å². The minimum Gasteiger partial charge on any atom is -0.347 e. The third-order valence-corrected chi connectivity index (χ3v) is 3.68. The molecule has 17 heavy (non-hydrogen) atoms. The first kappa shape index (κ1) is 11.9. The van der Waals surface area contributed by atoms with E-state index in [4.69, 9.17) is 0 Å². The summed E-state index contributed by atoms with van der Waals surface area (Å²) >= 11 is 1.68. The van der Waals surface area contributed by atoms with Crippen LogP contribution in [0.5, 0.6) is 0 Å². The van der Waals surface area contributed by atoms with Crippen LogP contribution < -0.4 is 5.32 Å². The quantitative estimate of drug-likeness (QED) is 0.883. The second-order valence-corrected chi connectivity index (χ2v) is 5.08. The second-order valence-electron chi connectivity index (χ2n) is 4.08. The number of aryl methyl sites for hydroxylation is 2. The largest absolute Gasteiger partial charge is 0.347 e. The fourth-order valence-corrected chi connectivity index (χ4v) is 2.48. The molecule has 1 amide bonds. The zero-order valence-corrected chi connectivity index (χ0v) is 10.8. The number of carbonyl (C=O) groups excluding carboxylic acids is 1. The number of amides is 1. The molecule has 2 nitrogen and oxygen atoms in total. The number of hydrogen-bond acceptors (Lipinski definition) is 2. The summed E-state index contributed by atoms with van der Waals surface area (Å²) in [5, 5.41) is 4.99. The Balaban J connectivity index is 2.01. The lowest BCUT2D eigenvalue weighted by Gasteiger charge is -2.05.